The molecule has 6 nitrogen and oxygen atoms in total. The van der Waals surface area contributed by atoms with Crippen LogP contribution in [0.15, 0.2) is 18.2 Å². The normalized spacial score (nSPS) is 12.4. The summed E-state index contributed by atoms with van der Waals surface area (Å²) in [5, 5.41) is 6.01. The molecule has 1 aromatic rings. The minimum Gasteiger partial charge on any atom is -0.486 e. The number of halogens is 1. The van der Waals surface area contributed by atoms with Crippen molar-refractivity contribution in [1.29, 1.82) is 0 Å². The Labute approximate surface area is 130 Å². The Bertz CT molecular complexity index is 457. The van der Waals surface area contributed by atoms with Crippen molar-refractivity contribution in [3.63, 3.8) is 0 Å². The molecule has 1 amide bonds. The third kappa shape index (κ3) is 5.08. The number of hydrogen-bond acceptors (Lipinski definition) is 5. The average molecular weight is 317 g/mol. The van der Waals surface area contributed by atoms with E-state index in [1.165, 1.54) is 0 Å². The highest BCUT2D eigenvalue weighted by Gasteiger charge is 2.19. The van der Waals surface area contributed by atoms with Crippen molar-refractivity contribution >= 4 is 18.3 Å². The number of nitrogens with one attached hydrogen (secondary N) is 2. The number of rotatable bonds is 7. The van der Waals surface area contributed by atoms with Gasteiger partial charge in [-0.15, -0.1) is 12.4 Å². The Kier molecular flexibility index (Phi) is 7.89. The van der Waals surface area contributed by atoms with E-state index in [2.05, 4.69) is 10.6 Å². The molecule has 0 aliphatic carbocycles. The summed E-state index contributed by atoms with van der Waals surface area (Å²) in [6.07, 6.45) is 0. The summed E-state index contributed by atoms with van der Waals surface area (Å²) in [4.78, 5) is 12.1. The smallest absolute Gasteiger partial charge is 0.255 e. The summed E-state index contributed by atoms with van der Waals surface area (Å²) >= 11 is 0. The van der Waals surface area contributed by atoms with Crippen molar-refractivity contribution in [3.8, 4) is 11.5 Å². The number of methoxy groups -OCH3 is 1. The predicted molar refractivity (Wildman–Crippen MR) is 81.8 cm³/mol. The maximum atomic E-state index is 12.1. The molecule has 0 saturated carbocycles. The maximum absolute atomic E-state index is 12.1. The number of carbonyl (C=O) groups is 1. The fraction of sp³-hybridized carbons (Fsp3) is 0.500. The van der Waals surface area contributed by atoms with Crippen molar-refractivity contribution in [2.75, 3.05) is 46.6 Å². The largest absolute Gasteiger partial charge is 0.486 e. The second-order valence-electron chi connectivity index (χ2n) is 4.33. The average Bonchev–Trinajstić information content (AvgIpc) is 2.50. The van der Waals surface area contributed by atoms with E-state index < -0.39 is 0 Å². The van der Waals surface area contributed by atoms with Crippen molar-refractivity contribution in [2.24, 2.45) is 0 Å². The van der Waals surface area contributed by atoms with Crippen LogP contribution in [0.4, 0.5) is 0 Å². The van der Waals surface area contributed by atoms with Crippen molar-refractivity contribution in [3.05, 3.63) is 23.8 Å². The molecule has 1 heterocycles. The molecule has 0 fully saturated rings. The van der Waals surface area contributed by atoms with Gasteiger partial charge in [-0.2, -0.15) is 0 Å². The number of carbonyl (C=O) groups excluding carboxylic acids is 1. The molecule has 0 radical (unpaired) electrons. The van der Waals surface area contributed by atoms with Gasteiger partial charge in [0.05, 0.1) is 12.2 Å². The van der Waals surface area contributed by atoms with Crippen LogP contribution < -0.4 is 20.1 Å². The molecule has 0 spiro atoms. The van der Waals surface area contributed by atoms with Gasteiger partial charge in [-0.3, -0.25) is 4.79 Å². The second-order valence-corrected chi connectivity index (χ2v) is 4.33. The molecule has 118 valence electrons. The molecular formula is C14H21ClN2O4. The molecule has 1 aliphatic heterocycles. The molecule has 2 rings (SSSR count). The summed E-state index contributed by atoms with van der Waals surface area (Å²) in [6, 6.07) is 5.33. The van der Waals surface area contributed by atoms with E-state index in [0.29, 0.717) is 50.0 Å². The Hall–Kier alpha value is -1.50. The van der Waals surface area contributed by atoms with Gasteiger partial charge in [-0.05, 0) is 12.1 Å². The predicted octanol–water partition coefficient (Wildman–Crippen LogP) is 0.845. The van der Waals surface area contributed by atoms with E-state index in [1.807, 2.05) is 0 Å². The topological polar surface area (TPSA) is 68.8 Å². The van der Waals surface area contributed by atoms with Crippen LogP contribution in [0, 0.1) is 0 Å². The minimum absolute atomic E-state index is 0. The van der Waals surface area contributed by atoms with Gasteiger partial charge in [0.15, 0.2) is 11.5 Å². The van der Waals surface area contributed by atoms with Gasteiger partial charge in [0.25, 0.3) is 5.91 Å². The molecule has 2 N–H and O–H groups in total. The molecule has 0 atom stereocenters. The SMILES string of the molecule is COCCNCCNC(=O)c1cccc2c1OCCO2.Cl. The summed E-state index contributed by atoms with van der Waals surface area (Å²) < 4.78 is 15.9. The van der Waals surface area contributed by atoms with Gasteiger partial charge in [-0.25, -0.2) is 0 Å². The zero-order valence-corrected chi connectivity index (χ0v) is 12.8. The lowest BCUT2D eigenvalue weighted by Gasteiger charge is -2.20. The fourth-order valence-corrected chi connectivity index (χ4v) is 1.91. The Morgan fingerprint density at radius 2 is 2.05 bits per heavy atom. The first-order chi connectivity index (χ1) is 9.83. The summed E-state index contributed by atoms with van der Waals surface area (Å²) in [5.41, 5.74) is 0.513. The highest BCUT2D eigenvalue weighted by Crippen LogP contribution is 2.33. The van der Waals surface area contributed by atoms with Crippen LogP contribution in [0.25, 0.3) is 0 Å². The standard InChI is InChI=1S/C14H20N2O4.ClH/c1-18-8-7-15-5-6-16-14(17)11-3-2-4-12-13(11)20-10-9-19-12;/h2-4,15H,5-10H2,1H3,(H,16,17);1H. The van der Waals surface area contributed by atoms with Crippen molar-refractivity contribution in [1.82, 2.24) is 10.6 Å². The van der Waals surface area contributed by atoms with E-state index in [-0.39, 0.29) is 18.3 Å². The minimum atomic E-state index is -0.152. The van der Waals surface area contributed by atoms with Gasteiger partial charge < -0.3 is 24.8 Å². The molecule has 1 aliphatic rings. The number of para-hydroxylation sites is 1. The lowest BCUT2D eigenvalue weighted by Crippen LogP contribution is -2.33. The van der Waals surface area contributed by atoms with Gasteiger partial charge in [-0.1, -0.05) is 6.07 Å². The summed E-state index contributed by atoms with van der Waals surface area (Å²) in [5.74, 6) is 1.01. The van der Waals surface area contributed by atoms with E-state index in [4.69, 9.17) is 14.2 Å². The highest BCUT2D eigenvalue weighted by molar-refractivity contribution is 5.97. The van der Waals surface area contributed by atoms with Gasteiger partial charge in [0.2, 0.25) is 0 Å². The number of ether oxygens (including phenoxy) is 3. The van der Waals surface area contributed by atoms with Gasteiger partial charge in [0.1, 0.15) is 13.2 Å². The highest BCUT2D eigenvalue weighted by atomic mass is 35.5. The zero-order valence-electron chi connectivity index (χ0n) is 12.0. The Morgan fingerprint density at radius 3 is 2.86 bits per heavy atom. The fourth-order valence-electron chi connectivity index (χ4n) is 1.91. The molecule has 0 saturated heterocycles. The molecule has 0 aromatic heterocycles. The molecular weight excluding hydrogens is 296 g/mol. The third-order valence-electron chi connectivity index (χ3n) is 2.88. The molecule has 0 bridgehead atoms. The van der Waals surface area contributed by atoms with Crippen LogP contribution in [0.2, 0.25) is 0 Å². The van der Waals surface area contributed by atoms with Crippen LogP contribution in [-0.2, 0) is 4.74 Å². The van der Waals surface area contributed by atoms with E-state index >= 15 is 0 Å². The van der Waals surface area contributed by atoms with Crippen LogP contribution in [0.5, 0.6) is 11.5 Å². The molecule has 1 aromatic carbocycles. The maximum Gasteiger partial charge on any atom is 0.255 e. The molecule has 7 heteroatoms. The summed E-state index contributed by atoms with van der Waals surface area (Å²) in [7, 11) is 1.66. The van der Waals surface area contributed by atoms with Gasteiger partial charge >= 0.3 is 0 Å². The number of amides is 1. The van der Waals surface area contributed by atoms with Crippen LogP contribution in [0.3, 0.4) is 0 Å². The Balaban J connectivity index is 0.00000220. The van der Waals surface area contributed by atoms with Crippen LogP contribution >= 0.6 is 12.4 Å². The first-order valence-electron chi connectivity index (χ1n) is 6.69. The lowest BCUT2D eigenvalue weighted by molar-refractivity contribution is 0.0942. The Morgan fingerprint density at radius 1 is 1.24 bits per heavy atom. The second kappa shape index (κ2) is 9.44. The number of benzene rings is 1. The molecule has 21 heavy (non-hydrogen) atoms. The van der Waals surface area contributed by atoms with Gasteiger partial charge in [0, 0.05) is 26.7 Å². The quantitative estimate of drug-likeness (QED) is 0.730. The van der Waals surface area contributed by atoms with E-state index in [1.54, 1.807) is 25.3 Å². The van der Waals surface area contributed by atoms with Crippen LogP contribution in [-0.4, -0.2) is 52.5 Å². The van der Waals surface area contributed by atoms with Crippen LogP contribution in [0.1, 0.15) is 10.4 Å². The van der Waals surface area contributed by atoms with E-state index in [0.717, 1.165) is 6.54 Å². The third-order valence-corrected chi connectivity index (χ3v) is 2.88. The lowest BCUT2D eigenvalue weighted by atomic mass is 10.1. The number of hydrogen-bond donors (Lipinski definition) is 2. The first kappa shape index (κ1) is 17.6. The first-order valence-corrected chi connectivity index (χ1v) is 6.69. The van der Waals surface area contributed by atoms with E-state index in [9.17, 15) is 4.79 Å². The zero-order chi connectivity index (χ0) is 14.2. The number of fused-ring (bicyclic) bond motifs is 1. The van der Waals surface area contributed by atoms with Crippen molar-refractivity contribution < 1.29 is 19.0 Å². The monoisotopic (exact) mass is 316 g/mol. The van der Waals surface area contributed by atoms with Crippen molar-refractivity contribution in [2.45, 2.75) is 0 Å². The summed E-state index contributed by atoms with van der Waals surface area (Å²) in [6.45, 7) is 3.65. The molecule has 0 unspecified atom stereocenters.